The van der Waals surface area contributed by atoms with E-state index in [0.717, 1.165) is 49.6 Å². The first kappa shape index (κ1) is 15.1. The number of aryl methyl sites for hydroxylation is 2. The summed E-state index contributed by atoms with van der Waals surface area (Å²) in [6.45, 7) is 4.84. The molecule has 24 heavy (non-hydrogen) atoms. The number of likely N-dealkylation sites (tertiary alicyclic amines) is 1. The average Bonchev–Trinajstić information content (AvgIpc) is 3.13. The van der Waals surface area contributed by atoms with E-state index in [1.165, 1.54) is 4.52 Å². The molecule has 0 bridgehead atoms. The van der Waals surface area contributed by atoms with Crippen LogP contribution in [0.5, 0.6) is 0 Å². The summed E-state index contributed by atoms with van der Waals surface area (Å²) in [5.74, 6) is 0.359. The van der Waals surface area contributed by atoms with E-state index in [2.05, 4.69) is 21.2 Å². The lowest BCUT2D eigenvalue weighted by Crippen LogP contribution is -2.33. The first-order chi connectivity index (χ1) is 11.6. The lowest BCUT2D eigenvalue weighted by molar-refractivity contribution is 0.201. The zero-order valence-electron chi connectivity index (χ0n) is 14.1. The van der Waals surface area contributed by atoms with Crippen LogP contribution >= 0.6 is 0 Å². The zero-order chi connectivity index (χ0) is 16.7. The average molecular weight is 326 g/mol. The number of aromatic amines is 1. The number of nitrogens with zero attached hydrogens (tertiary/aromatic N) is 5. The Hall–Kier alpha value is -2.41. The van der Waals surface area contributed by atoms with Crippen LogP contribution in [-0.4, -0.2) is 42.1 Å². The van der Waals surface area contributed by atoms with Crippen molar-refractivity contribution in [2.75, 3.05) is 13.1 Å². The van der Waals surface area contributed by atoms with Crippen LogP contribution < -0.4 is 5.56 Å². The smallest absolute Gasteiger partial charge is 0.272 e. The van der Waals surface area contributed by atoms with Crippen LogP contribution in [0.2, 0.25) is 0 Å². The number of fused-ring (bicyclic) bond motifs is 1. The molecular formula is C17H22N6O. The Morgan fingerprint density at radius 1 is 1.29 bits per heavy atom. The van der Waals surface area contributed by atoms with Gasteiger partial charge in [0.15, 0.2) is 5.65 Å². The molecule has 3 aromatic rings. The molecule has 4 heterocycles. The second kappa shape index (κ2) is 5.90. The van der Waals surface area contributed by atoms with Crippen molar-refractivity contribution in [1.82, 2.24) is 29.0 Å². The summed E-state index contributed by atoms with van der Waals surface area (Å²) < 4.78 is 3.49. The van der Waals surface area contributed by atoms with Gasteiger partial charge < -0.3 is 4.57 Å². The highest BCUT2D eigenvalue weighted by molar-refractivity contribution is 5.39. The highest BCUT2D eigenvalue weighted by atomic mass is 16.1. The second-order valence-corrected chi connectivity index (χ2v) is 6.73. The lowest BCUT2D eigenvalue weighted by Gasteiger charge is -2.31. The maximum absolute atomic E-state index is 12.2. The van der Waals surface area contributed by atoms with Gasteiger partial charge in [-0.25, -0.2) is 14.5 Å². The van der Waals surface area contributed by atoms with Crippen LogP contribution in [0.4, 0.5) is 0 Å². The molecular weight excluding hydrogens is 304 g/mol. The van der Waals surface area contributed by atoms with Gasteiger partial charge in [0.2, 0.25) is 0 Å². The number of nitrogens with one attached hydrogen (secondary N) is 1. The van der Waals surface area contributed by atoms with E-state index in [0.29, 0.717) is 11.6 Å². The summed E-state index contributed by atoms with van der Waals surface area (Å²) in [5, 5.41) is 3.02. The molecule has 1 aliphatic heterocycles. The van der Waals surface area contributed by atoms with E-state index in [1.54, 1.807) is 6.07 Å². The van der Waals surface area contributed by atoms with Crippen molar-refractivity contribution in [3.05, 3.63) is 52.1 Å². The largest absolute Gasteiger partial charge is 0.340 e. The normalized spacial score (nSPS) is 16.9. The molecule has 0 aromatic carbocycles. The molecule has 126 valence electrons. The number of aromatic nitrogens is 5. The molecule has 7 nitrogen and oxygen atoms in total. The van der Waals surface area contributed by atoms with Crippen molar-refractivity contribution in [1.29, 1.82) is 0 Å². The Balaban J connectivity index is 1.46. The molecule has 0 saturated carbocycles. The molecule has 3 aromatic heterocycles. The van der Waals surface area contributed by atoms with Crippen molar-refractivity contribution < 1.29 is 0 Å². The molecule has 1 N–H and O–H groups in total. The number of imidazole rings is 1. The van der Waals surface area contributed by atoms with Crippen LogP contribution in [0.15, 0.2) is 29.5 Å². The van der Waals surface area contributed by atoms with Crippen molar-refractivity contribution in [3.63, 3.8) is 0 Å². The number of hydrogen-bond donors (Lipinski definition) is 1. The molecule has 1 fully saturated rings. The van der Waals surface area contributed by atoms with Gasteiger partial charge in [-0.2, -0.15) is 0 Å². The van der Waals surface area contributed by atoms with Gasteiger partial charge in [-0.1, -0.05) is 0 Å². The lowest BCUT2D eigenvalue weighted by atomic mass is 9.93. The minimum absolute atomic E-state index is 0.0287. The van der Waals surface area contributed by atoms with Crippen LogP contribution in [0.25, 0.3) is 5.65 Å². The molecule has 1 aliphatic rings. The van der Waals surface area contributed by atoms with Crippen molar-refractivity contribution in [2.45, 2.75) is 32.2 Å². The Bertz CT molecular complexity index is 913. The fraction of sp³-hybridized carbons (Fsp3) is 0.471. The summed E-state index contributed by atoms with van der Waals surface area (Å²) in [6, 6.07) is 3.60. The number of hydrogen-bond acceptors (Lipinski definition) is 4. The van der Waals surface area contributed by atoms with E-state index in [4.69, 9.17) is 4.98 Å². The first-order valence-corrected chi connectivity index (χ1v) is 8.37. The van der Waals surface area contributed by atoms with Crippen LogP contribution in [-0.2, 0) is 13.6 Å². The van der Waals surface area contributed by atoms with Crippen molar-refractivity contribution in [2.24, 2.45) is 7.05 Å². The maximum atomic E-state index is 12.2. The zero-order valence-corrected chi connectivity index (χ0v) is 14.1. The molecule has 7 heteroatoms. The van der Waals surface area contributed by atoms with Gasteiger partial charge in [0.1, 0.15) is 0 Å². The van der Waals surface area contributed by atoms with E-state index in [1.807, 2.05) is 30.9 Å². The second-order valence-electron chi connectivity index (χ2n) is 6.73. The van der Waals surface area contributed by atoms with Crippen molar-refractivity contribution >= 4 is 5.65 Å². The molecule has 0 atom stereocenters. The Morgan fingerprint density at radius 3 is 2.79 bits per heavy atom. The van der Waals surface area contributed by atoms with Crippen molar-refractivity contribution in [3.8, 4) is 0 Å². The number of piperidine rings is 1. The highest BCUT2D eigenvalue weighted by Gasteiger charge is 2.23. The monoisotopic (exact) mass is 326 g/mol. The van der Waals surface area contributed by atoms with Crippen LogP contribution in [0.1, 0.15) is 35.8 Å². The molecule has 1 saturated heterocycles. The van der Waals surface area contributed by atoms with E-state index >= 15 is 0 Å². The quantitative estimate of drug-likeness (QED) is 0.791. The van der Waals surface area contributed by atoms with Gasteiger partial charge in [0, 0.05) is 43.5 Å². The van der Waals surface area contributed by atoms with E-state index in [9.17, 15) is 4.79 Å². The Kier molecular flexibility index (Phi) is 3.72. The highest BCUT2D eigenvalue weighted by Crippen LogP contribution is 2.27. The molecule has 0 spiro atoms. The Labute approximate surface area is 139 Å². The minimum Gasteiger partial charge on any atom is -0.340 e. The molecule has 0 radical (unpaired) electrons. The number of rotatable bonds is 3. The standard InChI is InChI=1S/C17H22N6O/c1-12-7-16-19-15(8-17(24)23(16)20-12)13-3-5-22(6-4-13)10-14-9-21(2)11-18-14/h7-9,11,13,20H,3-6,10H2,1-2H3. The van der Waals surface area contributed by atoms with Gasteiger partial charge in [-0.15, -0.1) is 0 Å². The van der Waals surface area contributed by atoms with Gasteiger partial charge >= 0.3 is 0 Å². The summed E-state index contributed by atoms with van der Waals surface area (Å²) >= 11 is 0. The van der Waals surface area contributed by atoms with Crippen LogP contribution in [0, 0.1) is 6.92 Å². The summed E-state index contributed by atoms with van der Waals surface area (Å²) in [5.41, 5.74) is 3.67. The fourth-order valence-corrected chi connectivity index (χ4v) is 3.50. The van der Waals surface area contributed by atoms with Gasteiger partial charge in [-0.05, 0) is 32.9 Å². The third kappa shape index (κ3) is 2.87. The fourth-order valence-electron chi connectivity index (χ4n) is 3.50. The van der Waals surface area contributed by atoms with Gasteiger partial charge in [0.05, 0.1) is 17.7 Å². The van der Waals surface area contributed by atoms with Gasteiger partial charge in [0.25, 0.3) is 5.56 Å². The number of H-pyrrole nitrogens is 1. The molecule has 4 rings (SSSR count). The minimum atomic E-state index is -0.0287. The first-order valence-electron chi connectivity index (χ1n) is 8.37. The maximum Gasteiger partial charge on any atom is 0.272 e. The predicted octanol–water partition coefficient (Wildman–Crippen LogP) is 1.44. The van der Waals surface area contributed by atoms with E-state index in [-0.39, 0.29) is 5.56 Å². The third-order valence-corrected chi connectivity index (χ3v) is 4.75. The predicted molar refractivity (Wildman–Crippen MR) is 91.0 cm³/mol. The molecule has 0 aliphatic carbocycles. The van der Waals surface area contributed by atoms with E-state index < -0.39 is 0 Å². The molecule has 0 amide bonds. The summed E-state index contributed by atoms with van der Waals surface area (Å²) in [6.07, 6.45) is 5.96. The molecule has 0 unspecified atom stereocenters. The van der Waals surface area contributed by atoms with Crippen LogP contribution in [0.3, 0.4) is 0 Å². The topological polar surface area (TPSA) is 71.2 Å². The van der Waals surface area contributed by atoms with Gasteiger partial charge in [-0.3, -0.25) is 14.8 Å². The summed E-state index contributed by atoms with van der Waals surface area (Å²) in [4.78, 5) is 23.7. The SMILES string of the molecule is Cc1cc2nc(C3CCN(Cc4cn(C)cn4)CC3)cc(=O)n2[nH]1. The Morgan fingerprint density at radius 2 is 2.08 bits per heavy atom. The summed E-state index contributed by atoms with van der Waals surface area (Å²) in [7, 11) is 1.99. The third-order valence-electron chi connectivity index (χ3n) is 4.75.